The van der Waals surface area contributed by atoms with Gasteiger partial charge in [0, 0.05) is 11.0 Å². The molecule has 90 valence electrons. The molecule has 0 spiro atoms. The summed E-state index contributed by atoms with van der Waals surface area (Å²) in [5.41, 5.74) is 1.72. The van der Waals surface area contributed by atoms with E-state index in [1.54, 1.807) is 12.1 Å². The number of benzene rings is 1. The van der Waals surface area contributed by atoms with Gasteiger partial charge in [-0.05, 0) is 36.6 Å². The zero-order valence-electron chi connectivity index (χ0n) is 9.85. The van der Waals surface area contributed by atoms with Gasteiger partial charge >= 0.3 is 0 Å². The molecule has 0 heterocycles. The summed E-state index contributed by atoms with van der Waals surface area (Å²) in [6, 6.07) is 4.71. The van der Waals surface area contributed by atoms with Crippen molar-refractivity contribution in [2.75, 3.05) is 0 Å². The Balaban J connectivity index is 2.12. The second-order valence-electron chi connectivity index (χ2n) is 4.25. The average molecular weight is 248 g/mol. The monoisotopic (exact) mass is 248 g/mol. The van der Waals surface area contributed by atoms with E-state index in [1.165, 1.54) is 11.6 Å². The number of phenols is 2. The van der Waals surface area contributed by atoms with Crippen molar-refractivity contribution in [1.82, 2.24) is 0 Å². The molecule has 17 heavy (non-hydrogen) atoms. The van der Waals surface area contributed by atoms with Crippen molar-refractivity contribution in [3.8, 4) is 11.5 Å². The van der Waals surface area contributed by atoms with Gasteiger partial charge in [0.15, 0.2) is 0 Å². The lowest BCUT2D eigenvalue weighted by Gasteiger charge is -2.16. The molecule has 0 fully saturated rings. The summed E-state index contributed by atoms with van der Waals surface area (Å²) in [4.78, 5) is 0. The molecule has 0 saturated heterocycles. The summed E-state index contributed by atoms with van der Waals surface area (Å²) in [6.07, 6.45) is 8.85. The Morgan fingerprint density at radius 2 is 2.06 bits per heavy atom. The van der Waals surface area contributed by atoms with Gasteiger partial charge in [-0.1, -0.05) is 33.7 Å². The highest BCUT2D eigenvalue weighted by Gasteiger charge is 2.11. The summed E-state index contributed by atoms with van der Waals surface area (Å²) < 4.78 is 0. The van der Waals surface area contributed by atoms with Crippen LogP contribution >= 0.6 is 8.58 Å². The summed E-state index contributed by atoms with van der Waals surface area (Å²) >= 11 is 0. The Kier molecular flexibility index (Phi) is 3.86. The maximum Gasteiger partial charge on any atom is 0.123 e. The topological polar surface area (TPSA) is 40.5 Å². The highest BCUT2D eigenvalue weighted by molar-refractivity contribution is 7.48. The van der Waals surface area contributed by atoms with E-state index in [2.05, 4.69) is 25.2 Å². The summed E-state index contributed by atoms with van der Waals surface area (Å²) in [6.45, 7) is 2.16. The molecule has 0 amide bonds. The van der Waals surface area contributed by atoms with Crippen LogP contribution in [0.3, 0.4) is 0 Å². The van der Waals surface area contributed by atoms with E-state index in [0.717, 1.165) is 18.1 Å². The summed E-state index contributed by atoms with van der Waals surface area (Å²) in [5.74, 6) is 0.485. The zero-order chi connectivity index (χ0) is 12.3. The molecule has 3 heteroatoms. The van der Waals surface area contributed by atoms with Crippen molar-refractivity contribution in [3.63, 3.8) is 0 Å². The maximum atomic E-state index is 9.74. The number of aromatic hydroxyl groups is 2. The first kappa shape index (κ1) is 12.2. The van der Waals surface area contributed by atoms with Crippen LogP contribution in [0.2, 0.25) is 0 Å². The molecular weight excluding hydrogens is 231 g/mol. The van der Waals surface area contributed by atoms with E-state index >= 15 is 0 Å². The van der Waals surface area contributed by atoms with Crippen LogP contribution in [0.1, 0.15) is 19.8 Å². The van der Waals surface area contributed by atoms with Crippen molar-refractivity contribution in [2.24, 2.45) is 0 Å². The molecule has 2 N–H and O–H groups in total. The lowest BCUT2D eigenvalue weighted by Crippen LogP contribution is -2.06. The highest BCUT2D eigenvalue weighted by Crippen LogP contribution is 2.31. The minimum atomic E-state index is 0.214. The van der Waals surface area contributed by atoms with Gasteiger partial charge in [-0.25, -0.2) is 0 Å². The van der Waals surface area contributed by atoms with Gasteiger partial charge in [0.25, 0.3) is 0 Å². The highest BCUT2D eigenvalue weighted by atomic mass is 31.1. The number of hydrogen-bond donors (Lipinski definition) is 2. The molecular formula is C14H17O2P. The van der Waals surface area contributed by atoms with Gasteiger partial charge in [-0.3, -0.25) is 0 Å². The van der Waals surface area contributed by atoms with E-state index in [1.807, 2.05) is 0 Å². The van der Waals surface area contributed by atoms with Gasteiger partial charge in [0.1, 0.15) is 11.5 Å². The molecule has 1 aliphatic rings. The standard InChI is InChI=1S/C14H17O2P/c1-10(11-5-3-2-4-6-11)17-14-9-12(15)7-8-13(14)16/h3,5-10,15-17H,2,4H2,1H3. The molecule has 0 bridgehead atoms. The smallest absolute Gasteiger partial charge is 0.123 e. The molecule has 0 aliphatic heterocycles. The Morgan fingerprint density at radius 3 is 2.76 bits per heavy atom. The minimum absolute atomic E-state index is 0.214. The predicted molar refractivity (Wildman–Crippen MR) is 73.6 cm³/mol. The molecule has 1 aromatic rings. The predicted octanol–water partition coefficient (Wildman–Crippen LogP) is 3.07. The van der Waals surface area contributed by atoms with Crippen molar-refractivity contribution < 1.29 is 10.2 Å². The normalized spacial score (nSPS) is 17.4. The van der Waals surface area contributed by atoms with Crippen molar-refractivity contribution in [2.45, 2.75) is 25.4 Å². The quantitative estimate of drug-likeness (QED) is 0.637. The van der Waals surface area contributed by atoms with Gasteiger partial charge in [0.2, 0.25) is 0 Å². The molecule has 0 aromatic heterocycles. The van der Waals surface area contributed by atoms with Crippen LogP contribution in [0, 0.1) is 0 Å². The number of rotatable bonds is 3. The zero-order valence-corrected chi connectivity index (χ0v) is 10.9. The van der Waals surface area contributed by atoms with Crippen molar-refractivity contribution in [1.29, 1.82) is 0 Å². The molecule has 1 aromatic carbocycles. The third-order valence-corrected chi connectivity index (χ3v) is 4.35. The third kappa shape index (κ3) is 3.10. The van der Waals surface area contributed by atoms with E-state index in [0.29, 0.717) is 14.2 Å². The Hall–Kier alpha value is -1.27. The number of allylic oxidation sites excluding steroid dienone is 4. The van der Waals surface area contributed by atoms with Crippen LogP contribution in [0.5, 0.6) is 11.5 Å². The van der Waals surface area contributed by atoms with Crippen molar-refractivity contribution in [3.05, 3.63) is 42.0 Å². The molecule has 2 nitrogen and oxygen atoms in total. The lowest BCUT2D eigenvalue weighted by atomic mass is 10.1. The fraction of sp³-hybridized carbons (Fsp3) is 0.286. The second-order valence-corrected chi connectivity index (χ2v) is 5.94. The maximum absolute atomic E-state index is 9.74. The first-order valence-electron chi connectivity index (χ1n) is 5.82. The van der Waals surface area contributed by atoms with E-state index in [-0.39, 0.29) is 11.5 Å². The van der Waals surface area contributed by atoms with Crippen LogP contribution < -0.4 is 5.30 Å². The van der Waals surface area contributed by atoms with E-state index < -0.39 is 0 Å². The molecule has 0 saturated carbocycles. The van der Waals surface area contributed by atoms with E-state index in [4.69, 9.17) is 0 Å². The van der Waals surface area contributed by atoms with Crippen LogP contribution in [0.15, 0.2) is 42.0 Å². The van der Waals surface area contributed by atoms with Crippen LogP contribution in [0.4, 0.5) is 0 Å². The molecule has 2 rings (SSSR count). The first-order valence-corrected chi connectivity index (χ1v) is 6.89. The van der Waals surface area contributed by atoms with E-state index in [9.17, 15) is 10.2 Å². The van der Waals surface area contributed by atoms with Crippen LogP contribution in [-0.4, -0.2) is 15.9 Å². The van der Waals surface area contributed by atoms with Crippen LogP contribution in [-0.2, 0) is 0 Å². The van der Waals surface area contributed by atoms with Crippen LogP contribution in [0.25, 0.3) is 0 Å². The molecule has 2 atom stereocenters. The molecule has 2 unspecified atom stereocenters. The Labute approximate surface area is 103 Å². The Morgan fingerprint density at radius 1 is 1.24 bits per heavy atom. The van der Waals surface area contributed by atoms with Gasteiger partial charge in [-0.15, -0.1) is 0 Å². The van der Waals surface area contributed by atoms with Gasteiger partial charge in [0.05, 0.1) is 0 Å². The number of phenolic OH excluding ortho intramolecular Hbond substituents is 2. The third-order valence-electron chi connectivity index (χ3n) is 2.88. The first-order chi connectivity index (χ1) is 8.16. The summed E-state index contributed by atoms with van der Waals surface area (Å²) in [5, 5.41) is 20.0. The fourth-order valence-electron chi connectivity index (χ4n) is 1.91. The molecule has 0 radical (unpaired) electrons. The summed E-state index contributed by atoms with van der Waals surface area (Å²) in [7, 11) is 0.475. The number of hydrogen-bond acceptors (Lipinski definition) is 2. The largest absolute Gasteiger partial charge is 0.508 e. The minimum Gasteiger partial charge on any atom is -0.508 e. The van der Waals surface area contributed by atoms with Crippen molar-refractivity contribution >= 4 is 13.9 Å². The average Bonchev–Trinajstić information content (AvgIpc) is 2.35. The molecule has 1 aliphatic carbocycles. The Bertz CT molecular complexity index is 463. The second kappa shape index (κ2) is 5.37. The lowest BCUT2D eigenvalue weighted by molar-refractivity contribution is 0.464. The SMILES string of the molecule is CC(Pc1cc(O)ccc1O)C1=CCCC=C1. The fourth-order valence-corrected chi connectivity index (χ4v) is 3.22. The van der Waals surface area contributed by atoms with Gasteiger partial charge in [-0.2, -0.15) is 0 Å². The van der Waals surface area contributed by atoms with Gasteiger partial charge < -0.3 is 10.2 Å².